The lowest BCUT2D eigenvalue weighted by Crippen LogP contribution is -2.48. The number of hydrogen-bond acceptors (Lipinski definition) is 5. The number of nitrogens with zero attached hydrogens (tertiary/aromatic N) is 1. The summed E-state index contributed by atoms with van der Waals surface area (Å²) < 4.78 is 16.2. The molecule has 1 heterocycles. The molecule has 1 saturated heterocycles. The number of ether oxygens (including phenoxy) is 3. The summed E-state index contributed by atoms with van der Waals surface area (Å²) in [5, 5.41) is 3.44. The largest absolute Gasteiger partial charge is 0.493 e. The topological polar surface area (TPSA) is 60.0 Å². The predicted molar refractivity (Wildman–Crippen MR) is 96.8 cm³/mol. The van der Waals surface area contributed by atoms with Crippen LogP contribution in [0.2, 0.25) is 0 Å². The number of nitrogens with one attached hydrogen (secondary N) is 1. The average Bonchev–Trinajstić information content (AvgIpc) is 3.10. The van der Waals surface area contributed by atoms with Crippen molar-refractivity contribution in [2.45, 2.75) is 25.7 Å². The number of methoxy groups -OCH3 is 3. The molecule has 6 heteroatoms. The summed E-state index contributed by atoms with van der Waals surface area (Å²) in [7, 11) is 6.58. The van der Waals surface area contributed by atoms with Gasteiger partial charge in [0.25, 0.3) is 0 Å². The lowest BCUT2D eigenvalue weighted by molar-refractivity contribution is -0.130. The number of amides is 1. The van der Waals surface area contributed by atoms with E-state index in [2.05, 4.69) is 5.32 Å². The van der Waals surface area contributed by atoms with Crippen LogP contribution in [0.4, 0.5) is 5.69 Å². The lowest BCUT2D eigenvalue weighted by Gasteiger charge is -2.39. The predicted octanol–water partition coefficient (Wildman–Crippen LogP) is 2.46. The maximum absolute atomic E-state index is 13.4. The normalized spacial score (nSPS) is 25.2. The first kappa shape index (κ1) is 17.9. The molecule has 1 amide bonds. The highest BCUT2D eigenvalue weighted by Crippen LogP contribution is 2.47. The number of anilines is 1. The molecule has 2 atom stereocenters. The second-order valence-corrected chi connectivity index (χ2v) is 6.98. The SMILES string of the molecule is COc1cc(N(C)C(=O)[C@@]23CCCC[C@H]2CNC3)cc(OC)c1OC. The van der Waals surface area contributed by atoms with Gasteiger partial charge in [0.15, 0.2) is 11.5 Å². The number of fused-ring (bicyclic) bond motifs is 1. The molecule has 0 unspecified atom stereocenters. The highest BCUT2D eigenvalue weighted by atomic mass is 16.5. The van der Waals surface area contributed by atoms with Crippen LogP contribution in [-0.4, -0.2) is 47.4 Å². The molecule has 6 nitrogen and oxygen atoms in total. The minimum absolute atomic E-state index is 0.177. The first-order chi connectivity index (χ1) is 12.1. The van der Waals surface area contributed by atoms with Gasteiger partial charge in [0.1, 0.15) is 0 Å². The van der Waals surface area contributed by atoms with Crippen molar-refractivity contribution < 1.29 is 19.0 Å². The van der Waals surface area contributed by atoms with E-state index in [1.807, 2.05) is 19.2 Å². The smallest absolute Gasteiger partial charge is 0.234 e. The van der Waals surface area contributed by atoms with Crippen molar-refractivity contribution >= 4 is 11.6 Å². The fraction of sp³-hybridized carbons (Fsp3) is 0.632. The van der Waals surface area contributed by atoms with Crippen molar-refractivity contribution in [3.63, 3.8) is 0 Å². The van der Waals surface area contributed by atoms with E-state index in [1.165, 1.54) is 6.42 Å². The molecular formula is C19H28N2O4. The molecule has 138 valence electrons. The molecule has 2 aliphatic rings. The first-order valence-electron chi connectivity index (χ1n) is 8.86. The fourth-order valence-corrected chi connectivity index (χ4v) is 4.38. The average molecular weight is 348 g/mol. The third-order valence-electron chi connectivity index (χ3n) is 5.81. The third kappa shape index (κ3) is 2.92. The van der Waals surface area contributed by atoms with E-state index in [4.69, 9.17) is 14.2 Å². The van der Waals surface area contributed by atoms with Gasteiger partial charge in [-0.05, 0) is 25.3 Å². The highest BCUT2D eigenvalue weighted by Gasteiger charge is 2.51. The summed E-state index contributed by atoms with van der Waals surface area (Å²) in [6, 6.07) is 3.66. The second-order valence-electron chi connectivity index (χ2n) is 6.98. The van der Waals surface area contributed by atoms with E-state index in [0.29, 0.717) is 23.2 Å². The van der Waals surface area contributed by atoms with E-state index >= 15 is 0 Å². The van der Waals surface area contributed by atoms with Gasteiger partial charge < -0.3 is 24.4 Å². The molecule has 1 N–H and O–H groups in total. The molecule has 0 radical (unpaired) electrons. The molecule has 1 aliphatic heterocycles. The van der Waals surface area contributed by atoms with Crippen LogP contribution in [0.5, 0.6) is 17.2 Å². The Hall–Kier alpha value is -1.95. The summed E-state index contributed by atoms with van der Waals surface area (Å²) in [6.45, 7) is 1.71. The molecule has 3 rings (SSSR count). The van der Waals surface area contributed by atoms with Crippen LogP contribution < -0.4 is 24.4 Å². The maximum atomic E-state index is 13.4. The van der Waals surface area contributed by atoms with Crippen molar-refractivity contribution in [2.75, 3.05) is 46.4 Å². The van der Waals surface area contributed by atoms with Gasteiger partial charge in [-0.15, -0.1) is 0 Å². The van der Waals surface area contributed by atoms with Crippen molar-refractivity contribution in [2.24, 2.45) is 11.3 Å². The van der Waals surface area contributed by atoms with Crippen molar-refractivity contribution in [1.82, 2.24) is 5.32 Å². The molecule has 1 saturated carbocycles. The zero-order valence-corrected chi connectivity index (χ0v) is 15.6. The zero-order chi connectivity index (χ0) is 18.0. The van der Waals surface area contributed by atoms with Crippen LogP contribution in [-0.2, 0) is 4.79 Å². The number of carbonyl (C=O) groups excluding carboxylic acids is 1. The quantitative estimate of drug-likeness (QED) is 0.886. The summed E-state index contributed by atoms with van der Waals surface area (Å²) in [5.41, 5.74) is 0.470. The Labute approximate surface area is 149 Å². The van der Waals surface area contributed by atoms with Crippen LogP contribution >= 0.6 is 0 Å². The molecule has 0 spiro atoms. The van der Waals surface area contributed by atoms with Crippen LogP contribution in [0.1, 0.15) is 25.7 Å². The fourth-order valence-electron chi connectivity index (χ4n) is 4.38. The third-order valence-corrected chi connectivity index (χ3v) is 5.81. The molecule has 1 aromatic rings. The number of hydrogen-bond donors (Lipinski definition) is 1. The van der Waals surface area contributed by atoms with Crippen LogP contribution in [0.25, 0.3) is 0 Å². The van der Waals surface area contributed by atoms with Gasteiger partial charge in [0.05, 0.1) is 32.4 Å². The van der Waals surface area contributed by atoms with Crippen LogP contribution in [0.3, 0.4) is 0 Å². The molecule has 25 heavy (non-hydrogen) atoms. The van der Waals surface area contributed by atoms with E-state index in [-0.39, 0.29) is 11.3 Å². The van der Waals surface area contributed by atoms with E-state index in [1.54, 1.807) is 26.2 Å². The van der Waals surface area contributed by atoms with Gasteiger partial charge in [0, 0.05) is 25.7 Å². The molecule has 1 aliphatic carbocycles. The summed E-state index contributed by atoms with van der Waals surface area (Å²) in [6.07, 6.45) is 4.42. The van der Waals surface area contributed by atoms with Crippen LogP contribution in [0, 0.1) is 11.3 Å². The number of rotatable bonds is 5. The van der Waals surface area contributed by atoms with Gasteiger partial charge in [-0.3, -0.25) is 4.79 Å². The Bertz CT molecular complexity index is 623. The molecule has 1 aromatic carbocycles. The van der Waals surface area contributed by atoms with Crippen molar-refractivity contribution in [1.29, 1.82) is 0 Å². The monoisotopic (exact) mass is 348 g/mol. The Morgan fingerprint density at radius 1 is 1.16 bits per heavy atom. The molecule has 2 fully saturated rings. The second kappa shape index (κ2) is 7.12. The number of benzene rings is 1. The lowest BCUT2D eigenvalue weighted by atomic mass is 9.67. The van der Waals surface area contributed by atoms with E-state index in [9.17, 15) is 4.79 Å². The Balaban J connectivity index is 1.94. The minimum Gasteiger partial charge on any atom is -0.493 e. The number of carbonyl (C=O) groups is 1. The van der Waals surface area contributed by atoms with Gasteiger partial charge >= 0.3 is 0 Å². The Morgan fingerprint density at radius 2 is 1.84 bits per heavy atom. The van der Waals surface area contributed by atoms with E-state index in [0.717, 1.165) is 38.0 Å². The molecule has 0 aromatic heterocycles. The highest BCUT2D eigenvalue weighted by molar-refractivity contribution is 5.98. The van der Waals surface area contributed by atoms with E-state index < -0.39 is 0 Å². The van der Waals surface area contributed by atoms with Gasteiger partial charge in [-0.1, -0.05) is 12.8 Å². The molecular weight excluding hydrogens is 320 g/mol. The van der Waals surface area contributed by atoms with Crippen molar-refractivity contribution in [3.05, 3.63) is 12.1 Å². The maximum Gasteiger partial charge on any atom is 0.234 e. The standard InChI is InChI=1S/C19H28N2O4/c1-21(14-9-15(23-2)17(25-4)16(10-14)24-3)18(22)19-8-6-5-7-13(19)11-20-12-19/h9-10,13,20H,5-8,11-12H2,1-4H3/t13-,19+/m0/s1. The first-order valence-corrected chi connectivity index (χ1v) is 8.86. The summed E-state index contributed by atoms with van der Waals surface area (Å²) in [4.78, 5) is 15.2. The van der Waals surface area contributed by atoms with Gasteiger partial charge in [0.2, 0.25) is 11.7 Å². The van der Waals surface area contributed by atoms with Gasteiger partial charge in [-0.25, -0.2) is 0 Å². The summed E-state index contributed by atoms with van der Waals surface area (Å²) >= 11 is 0. The Morgan fingerprint density at radius 3 is 2.44 bits per heavy atom. The van der Waals surface area contributed by atoms with Crippen molar-refractivity contribution in [3.8, 4) is 17.2 Å². The Kier molecular flexibility index (Phi) is 5.08. The summed E-state index contributed by atoms with van der Waals surface area (Å²) in [5.74, 6) is 2.25. The van der Waals surface area contributed by atoms with Gasteiger partial charge in [-0.2, -0.15) is 0 Å². The minimum atomic E-state index is -0.284. The molecule has 0 bridgehead atoms. The zero-order valence-electron chi connectivity index (χ0n) is 15.6. The van der Waals surface area contributed by atoms with Crippen LogP contribution in [0.15, 0.2) is 12.1 Å².